The van der Waals surface area contributed by atoms with Crippen molar-refractivity contribution in [3.05, 3.63) is 0 Å². The summed E-state index contributed by atoms with van der Waals surface area (Å²) in [6.07, 6.45) is 4.50. The van der Waals surface area contributed by atoms with Gasteiger partial charge in [0.1, 0.15) is 5.60 Å². The Kier molecular flexibility index (Phi) is 4.15. The number of likely N-dealkylation sites (tertiary alicyclic amines) is 1. The Morgan fingerprint density at radius 1 is 1.28 bits per heavy atom. The summed E-state index contributed by atoms with van der Waals surface area (Å²) >= 11 is 0. The summed E-state index contributed by atoms with van der Waals surface area (Å²) in [5, 5.41) is 3.44. The SMILES string of the molecule is CC(C)(C)OC(=O)N1CCCC[C@H]2CNCC[C@H]21. The van der Waals surface area contributed by atoms with E-state index in [0.717, 1.165) is 32.5 Å². The minimum absolute atomic E-state index is 0.124. The molecule has 0 aromatic rings. The number of ether oxygens (including phenoxy) is 1. The maximum absolute atomic E-state index is 12.3. The lowest BCUT2D eigenvalue weighted by Gasteiger charge is -2.39. The lowest BCUT2D eigenvalue weighted by Crippen LogP contribution is -2.52. The topological polar surface area (TPSA) is 41.6 Å². The maximum atomic E-state index is 12.3. The number of amides is 1. The molecule has 0 saturated carbocycles. The molecule has 0 unspecified atom stereocenters. The third-order valence-electron chi connectivity index (χ3n) is 3.82. The zero-order valence-corrected chi connectivity index (χ0v) is 11.9. The fraction of sp³-hybridized carbons (Fsp3) is 0.929. The van der Waals surface area contributed by atoms with E-state index in [1.165, 1.54) is 12.8 Å². The van der Waals surface area contributed by atoms with Gasteiger partial charge in [-0.3, -0.25) is 0 Å². The van der Waals surface area contributed by atoms with Crippen LogP contribution >= 0.6 is 0 Å². The first-order valence-electron chi connectivity index (χ1n) is 7.18. The molecule has 2 saturated heterocycles. The summed E-state index contributed by atoms with van der Waals surface area (Å²) in [7, 11) is 0. The van der Waals surface area contributed by atoms with Crippen molar-refractivity contribution >= 4 is 6.09 Å². The zero-order chi connectivity index (χ0) is 13.2. The molecule has 18 heavy (non-hydrogen) atoms. The number of nitrogens with zero attached hydrogens (tertiary/aromatic N) is 1. The molecule has 0 aromatic carbocycles. The largest absolute Gasteiger partial charge is 0.444 e. The minimum atomic E-state index is -0.397. The number of carbonyl (C=O) groups excluding carboxylic acids is 1. The molecule has 1 amide bonds. The van der Waals surface area contributed by atoms with E-state index in [1.54, 1.807) is 0 Å². The first-order valence-corrected chi connectivity index (χ1v) is 7.18. The zero-order valence-electron chi connectivity index (χ0n) is 11.9. The molecule has 2 atom stereocenters. The predicted octanol–water partition coefficient (Wildman–Crippen LogP) is 2.39. The van der Waals surface area contributed by atoms with Crippen molar-refractivity contribution < 1.29 is 9.53 Å². The highest BCUT2D eigenvalue weighted by Crippen LogP contribution is 2.28. The van der Waals surface area contributed by atoms with E-state index >= 15 is 0 Å². The fourth-order valence-electron chi connectivity index (χ4n) is 3.02. The van der Waals surface area contributed by atoms with Crippen molar-refractivity contribution in [3.63, 3.8) is 0 Å². The van der Waals surface area contributed by atoms with E-state index in [4.69, 9.17) is 4.74 Å². The third-order valence-corrected chi connectivity index (χ3v) is 3.82. The van der Waals surface area contributed by atoms with E-state index in [2.05, 4.69) is 5.32 Å². The Morgan fingerprint density at radius 2 is 2.06 bits per heavy atom. The molecule has 1 N–H and O–H groups in total. The normalized spacial score (nSPS) is 29.4. The first-order chi connectivity index (χ1) is 8.47. The van der Waals surface area contributed by atoms with Gasteiger partial charge in [0, 0.05) is 12.6 Å². The van der Waals surface area contributed by atoms with Crippen molar-refractivity contribution in [2.45, 2.75) is 58.1 Å². The minimum Gasteiger partial charge on any atom is -0.444 e. The highest BCUT2D eigenvalue weighted by Gasteiger charge is 2.36. The summed E-state index contributed by atoms with van der Waals surface area (Å²) in [4.78, 5) is 14.3. The van der Waals surface area contributed by atoms with Gasteiger partial charge in [-0.25, -0.2) is 4.79 Å². The summed E-state index contributed by atoms with van der Waals surface area (Å²) < 4.78 is 5.55. The Bertz CT molecular complexity index is 299. The maximum Gasteiger partial charge on any atom is 0.410 e. The summed E-state index contributed by atoms with van der Waals surface area (Å²) in [5.74, 6) is 0.605. The lowest BCUT2D eigenvalue weighted by molar-refractivity contribution is 0.00823. The van der Waals surface area contributed by atoms with E-state index in [-0.39, 0.29) is 6.09 Å². The van der Waals surface area contributed by atoms with Crippen LogP contribution in [0.3, 0.4) is 0 Å². The molecule has 104 valence electrons. The van der Waals surface area contributed by atoms with E-state index < -0.39 is 5.60 Å². The fourth-order valence-corrected chi connectivity index (χ4v) is 3.02. The Balaban J connectivity index is 2.06. The standard InChI is InChI=1S/C14H26N2O2/c1-14(2,3)18-13(17)16-9-5-4-6-11-10-15-8-7-12(11)16/h11-12,15H,4-10H2,1-3H3/t11-,12+/m0/s1. The number of carbonyl (C=O) groups is 1. The number of hydrogen-bond acceptors (Lipinski definition) is 3. The second-order valence-corrected chi connectivity index (χ2v) is 6.49. The molecule has 0 aliphatic carbocycles. The molecule has 2 heterocycles. The van der Waals surface area contributed by atoms with Gasteiger partial charge in [-0.05, 0) is 59.0 Å². The van der Waals surface area contributed by atoms with Crippen LogP contribution in [0.4, 0.5) is 4.79 Å². The second-order valence-electron chi connectivity index (χ2n) is 6.49. The summed E-state index contributed by atoms with van der Waals surface area (Å²) in [6, 6.07) is 0.378. The number of piperidine rings is 1. The van der Waals surface area contributed by atoms with Gasteiger partial charge in [-0.15, -0.1) is 0 Å². The number of nitrogens with one attached hydrogen (secondary N) is 1. The molecular formula is C14H26N2O2. The third kappa shape index (κ3) is 3.37. The van der Waals surface area contributed by atoms with Gasteiger partial charge in [-0.2, -0.15) is 0 Å². The molecule has 2 aliphatic rings. The van der Waals surface area contributed by atoms with Crippen molar-refractivity contribution in [1.29, 1.82) is 0 Å². The highest BCUT2D eigenvalue weighted by molar-refractivity contribution is 5.68. The summed E-state index contributed by atoms with van der Waals surface area (Å²) in [6.45, 7) is 8.72. The smallest absolute Gasteiger partial charge is 0.410 e. The second kappa shape index (κ2) is 5.47. The van der Waals surface area contributed by atoms with Crippen LogP contribution in [-0.2, 0) is 4.74 Å². The van der Waals surface area contributed by atoms with Crippen molar-refractivity contribution in [3.8, 4) is 0 Å². The van der Waals surface area contributed by atoms with Crippen molar-refractivity contribution in [2.24, 2.45) is 5.92 Å². The molecule has 2 aliphatic heterocycles. The number of fused-ring (bicyclic) bond motifs is 1. The molecule has 2 fully saturated rings. The van der Waals surface area contributed by atoms with Crippen LogP contribution in [0.2, 0.25) is 0 Å². The van der Waals surface area contributed by atoms with Crippen LogP contribution in [0.5, 0.6) is 0 Å². The molecule has 0 radical (unpaired) electrons. The molecule has 0 aromatic heterocycles. The highest BCUT2D eigenvalue weighted by atomic mass is 16.6. The van der Waals surface area contributed by atoms with Crippen LogP contribution in [-0.4, -0.2) is 42.3 Å². The van der Waals surface area contributed by atoms with Gasteiger partial charge in [0.15, 0.2) is 0 Å². The molecule has 4 heteroatoms. The molecule has 4 nitrogen and oxygen atoms in total. The molecule has 0 spiro atoms. The average molecular weight is 254 g/mol. The molecule has 0 bridgehead atoms. The van der Waals surface area contributed by atoms with Gasteiger partial charge in [0.2, 0.25) is 0 Å². The predicted molar refractivity (Wildman–Crippen MR) is 71.6 cm³/mol. The van der Waals surface area contributed by atoms with Crippen LogP contribution < -0.4 is 5.32 Å². The van der Waals surface area contributed by atoms with E-state index in [0.29, 0.717) is 12.0 Å². The lowest BCUT2D eigenvalue weighted by atomic mass is 9.89. The first kappa shape index (κ1) is 13.7. The number of hydrogen-bond donors (Lipinski definition) is 1. The van der Waals surface area contributed by atoms with Gasteiger partial charge < -0.3 is 15.0 Å². The molecular weight excluding hydrogens is 228 g/mol. The Labute approximate surface area is 110 Å². The van der Waals surface area contributed by atoms with Crippen LogP contribution in [0.1, 0.15) is 46.5 Å². The van der Waals surface area contributed by atoms with E-state index in [9.17, 15) is 4.79 Å². The van der Waals surface area contributed by atoms with Crippen molar-refractivity contribution in [2.75, 3.05) is 19.6 Å². The van der Waals surface area contributed by atoms with Crippen LogP contribution in [0.25, 0.3) is 0 Å². The number of rotatable bonds is 0. The quantitative estimate of drug-likeness (QED) is 0.721. The van der Waals surface area contributed by atoms with E-state index in [1.807, 2.05) is 25.7 Å². The summed E-state index contributed by atoms with van der Waals surface area (Å²) in [5.41, 5.74) is -0.397. The van der Waals surface area contributed by atoms with Crippen LogP contribution in [0, 0.1) is 5.92 Å². The van der Waals surface area contributed by atoms with Gasteiger partial charge in [0.25, 0.3) is 0 Å². The van der Waals surface area contributed by atoms with Gasteiger partial charge in [0.05, 0.1) is 0 Å². The monoisotopic (exact) mass is 254 g/mol. The Morgan fingerprint density at radius 3 is 2.78 bits per heavy atom. The average Bonchev–Trinajstić information content (AvgIpc) is 2.48. The molecule has 2 rings (SSSR count). The van der Waals surface area contributed by atoms with Gasteiger partial charge in [-0.1, -0.05) is 6.42 Å². The van der Waals surface area contributed by atoms with Crippen molar-refractivity contribution in [1.82, 2.24) is 10.2 Å². The Hall–Kier alpha value is -0.770. The van der Waals surface area contributed by atoms with Crippen LogP contribution in [0.15, 0.2) is 0 Å². The van der Waals surface area contributed by atoms with Gasteiger partial charge >= 0.3 is 6.09 Å².